The third-order valence-corrected chi connectivity index (χ3v) is 1.64. The van der Waals surface area contributed by atoms with Gasteiger partial charge in [-0.15, -0.1) is 0 Å². The van der Waals surface area contributed by atoms with Crippen LogP contribution in [0.4, 0.5) is 28.0 Å². The Bertz CT molecular complexity index is 391. The molecule has 7 heteroatoms. The Kier molecular flexibility index (Phi) is 3.23. The van der Waals surface area contributed by atoms with E-state index in [1.807, 2.05) is 5.32 Å². The van der Waals surface area contributed by atoms with Crippen LogP contribution in [0.3, 0.4) is 0 Å². The average Bonchev–Trinajstić information content (AvgIpc) is 1.99. The van der Waals surface area contributed by atoms with Gasteiger partial charge in [-0.05, 0) is 18.2 Å². The maximum absolute atomic E-state index is 12.9. The fraction of sp³-hybridized carbons (Fsp3) is 0.125. The molecule has 0 aliphatic carbocycles. The van der Waals surface area contributed by atoms with Crippen LogP contribution in [-0.2, 0) is 6.18 Å². The Morgan fingerprint density at radius 2 is 1.93 bits per heavy atom. The molecule has 82 valence electrons. The quantitative estimate of drug-likeness (QED) is 0.571. The molecule has 2 nitrogen and oxygen atoms in total. The van der Waals surface area contributed by atoms with Crippen molar-refractivity contribution in [1.82, 2.24) is 0 Å². The molecule has 0 radical (unpaired) electrons. The number of hydrogen-bond donors (Lipinski definition) is 2. The van der Waals surface area contributed by atoms with Crippen LogP contribution in [0.25, 0.3) is 0 Å². The molecule has 1 N–H and O–H groups in total. The number of alkyl halides is 3. The van der Waals surface area contributed by atoms with E-state index in [9.17, 15) is 22.4 Å². The molecule has 0 aromatic heterocycles. The number of hydrogen-bond acceptors (Lipinski definition) is 1. The minimum absolute atomic E-state index is 0.0829. The molecule has 0 fully saturated rings. The summed E-state index contributed by atoms with van der Waals surface area (Å²) in [6.07, 6.45) is -4.74. The molecule has 0 bridgehead atoms. The second-order valence-corrected chi connectivity index (χ2v) is 3.03. The maximum atomic E-state index is 12.9. The summed E-state index contributed by atoms with van der Waals surface area (Å²) < 4.78 is 49.2. The molecule has 1 aromatic rings. The van der Waals surface area contributed by atoms with Gasteiger partial charge in [-0.1, -0.05) is 12.6 Å². The molecular formula is C8H5F4NOS. The van der Waals surface area contributed by atoms with Gasteiger partial charge in [0.05, 0.1) is 5.56 Å². The Labute approximate surface area is 87.7 Å². The van der Waals surface area contributed by atoms with Crippen molar-refractivity contribution in [2.24, 2.45) is 0 Å². The van der Waals surface area contributed by atoms with Gasteiger partial charge in [0.15, 0.2) is 0 Å². The van der Waals surface area contributed by atoms with E-state index in [0.717, 1.165) is 6.07 Å². The lowest BCUT2D eigenvalue weighted by Crippen LogP contribution is -2.09. The van der Waals surface area contributed by atoms with Crippen molar-refractivity contribution in [2.75, 3.05) is 5.32 Å². The van der Waals surface area contributed by atoms with E-state index in [-0.39, 0.29) is 5.69 Å². The Balaban J connectivity index is 3.04. The summed E-state index contributed by atoms with van der Waals surface area (Å²) in [5.41, 5.74) is -1.46. The fourth-order valence-electron chi connectivity index (χ4n) is 0.946. The zero-order valence-electron chi connectivity index (χ0n) is 7.10. The third-order valence-electron chi connectivity index (χ3n) is 1.53. The summed E-state index contributed by atoms with van der Waals surface area (Å²) in [6.45, 7) is 0. The lowest BCUT2D eigenvalue weighted by molar-refractivity contribution is -0.139. The van der Waals surface area contributed by atoms with Crippen molar-refractivity contribution < 1.29 is 22.4 Å². The fourth-order valence-corrected chi connectivity index (χ4v) is 1.08. The van der Waals surface area contributed by atoms with Gasteiger partial charge in [0.2, 0.25) is 0 Å². The largest absolute Gasteiger partial charge is 0.419 e. The molecule has 0 atom stereocenters. The van der Waals surface area contributed by atoms with Gasteiger partial charge < -0.3 is 5.32 Å². The van der Waals surface area contributed by atoms with E-state index in [4.69, 9.17) is 0 Å². The summed E-state index contributed by atoms with van der Waals surface area (Å²) in [4.78, 5) is 10.4. The zero-order valence-corrected chi connectivity index (χ0v) is 7.99. The lowest BCUT2D eigenvalue weighted by atomic mass is 10.2. The first kappa shape index (κ1) is 11.8. The zero-order chi connectivity index (χ0) is 11.6. The molecule has 0 saturated heterocycles. The number of benzene rings is 1. The summed E-state index contributed by atoms with van der Waals surface area (Å²) in [5, 5.41) is 1.26. The maximum Gasteiger partial charge on any atom is 0.419 e. The van der Waals surface area contributed by atoms with Crippen molar-refractivity contribution in [2.45, 2.75) is 6.18 Å². The second kappa shape index (κ2) is 4.09. The van der Waals surface area contributed by atoms with Crippen molar-refractivity contribution in [3.63, 3.8) is 0 Å². The van der Waals surface area contributed by atoms with Crippen LogP contribution in [0.15, 0.2) is 18.2 Å². The number of rotatable bonds is 1. The molecule has 0 aliphatic rings. The molecule has 1 rings (SSSR count). The van der Waals surface area contributed by atoms with Gasteiger partial charge in [0.25, 0.3) is 5.24 Å². The van der Waals surface area contributed by atoms with Crippen molar-refractivity contribution >= 4 is 23.6 Å². The minimum atomic E-state index is -4.74. The van der Waals surface area contributed by atoms with Crippen LogP contribution in [-0.4, -0.2) is 5.24 Å². The number of anilines is 1. The molecule has 0 saturated carbocycles. The Hall–Kier alpha value is -1.24. The van der Waals surface area contributed by atoms with Crippen LogP contribution < -0.4 is 5.32 Å². The first-order valence-corrected chi connectivity index (χ1v) is 4.12. The van der Waals surface area contributed by atoms with Gasteiger partial charge in [0, 0.05) is 5.69 Å². The van der Waals surface area contributed by atoms with Crippen LogP contribution in [0, 0.1) is 5.82 Å². The third kappa shape index (κ3) is 3.12. The van der Waals surface area contributed by atoms with Crippen molar-refractivity contribution in [3.05, 3.63) is 29.6 Å². The second-order valence-electron chi connectivity index (χ2n) is 2.62. The van der Waals surface area contributed by atoms with E-state index >= 15 is 0 Å². The van der Waals surface area contributed by atoms with Crippen molar-refractivity contribution in [1.29, 1.82) is 0 Å². The highest BCUT2D eigenvalue weighted by atomic mass is 32.1. The minimum Gasteiger partial charge on any atom is -0.317 e. The van der Waals surface area contributed by atoms with Gasteiger partial charge in [-0.3, -0.25) is 4.79 Å². The van der Waals surface area contributed by atoms with E-state index in [1.54, 1.807) is 0 Å². The molecular weight excluding hydrogens is 234 g/mol. The summed E-state index contributed by atoms with van der Waals surface area (Å²) in [5.74, 6) is -1.44. The topological polar surface area (TPSA) is 29.1 Å². The standard InChI is InChI=1S/C8H5F4NOS/c9-6-3-4(13-7(14)15)1-2-5(6)8(10,11)12/h1-3H,(H2,13,14,15). The molecule has 0 heterocycles. The predicted molar refractivity (Wildman–Crippen MR) is 49.4 cm³/mol. The van der Waals surface area contributed by atoms with Crippen LogP contribution in [0.1, 0.15) is 5.56 Å². The summed E-state index contributed by atoms with van der Waals surface area (Å²) in [7, 11) is 0. The van der Waals surface area contributed by atoms with E-state index in [1.165, 1.54) is 0 Å². The normalized spacial score (nSPS) is 11.3. The highest BCUT2D eigenvalue weighted by Crippen LogP contribution is 2.32. The number of amides is 1. The summed E-state index contributed by atoms with van der Waals surface area (Å²) >= 11 is 3.33. The number of carbonyl (C=O) groups is 1. The van der Waals surface area contributed by atoms with E-state index in [0.29, 0.717) is 12.1 Å². The Morgan fingerprint density at radius 3 is 2.33 bits per heavy atom. The molecule has 0 spiro atoms. The van der Waals surface area contributed by atoms with E-state index < -0.39 is 22.8 Å². The Morgan fingerprint density at radius 1 is 1.33 bits per heavy atom. The van der Waals surface area contributed by atoms with Crippen LogP contribution in [0.5, 0.6) is 0 Å². The SMILES string of the molecule is O=C(S)Nc1ccc(C(F)(F)F)c(F)c1. The lowest BCUT2D eigenvalue weighted by Gasteiger charge is -2.09. The number of thiol groups is 1. The molecule has 1 aromatic carbocycles. The van der Waals surface area contributed by atoms with Gasteiger partial charge >= 0.3 is 6.18 Å². The highest BCUT2D eigenvalue weighted by Gasteiger charge is 2.33. The van der Waals surface area contributed by atoms with Gasteiger partial charge in [-0.2, -0.15) is 13.2 Å². The summed E-state index contributed by atoms with van der Waals surface area (Å²) in [6, 6.07) is 2.07. The highest BCUT2D eigenvalue weighted by molar-refractivity contribution is 7.96. The van der Waals surface area contributed by atoms with Crippen LogP contribution in [0.2, 0.25) is 0 Å². The van der Waals surface area contributed by atoms with Gasteiger partial charge in [-0.25, -0.2) is 4.39 Å². The van der Waals surface area contributed by atoms with Gasteiger partial charge in [0.1, 0.15) is 5.82 Å². The average molecular weight is 239 g/mol. The monoisotopic (exact) mass is 239 g/mol. The smallest absolute Gasteiger partial charge is 0.317 e. The molecule has 15 heavy (non-hydrogen) atoms. The number of halogens is 4. The number of carbonyl (C=O) groups excluding carboxylic acids is 1. The molecule has 1 amide bonds. The van der Waals surface area contributed by atoms with Crippen LogP contribution >= 0.6 is 12.6 Å². The van der Waals surface area contributed by atoms with Crippen molar-refractivity contribution in [3.8, 4) is 0 Å². The molecule has 0 aliphatic heterocycles. The number of nitrogens with one attached hydrogen (secondary N) is 1. The first-order valence-electron chi connectivity index (χ1n) is 3.67. The predicted octanol–water partition coefficient (Wildman–Crippen LogP) is 3.31. The first-order chi connectivity index (χ1) is 6.80. The molecule has 0 unspecified atom stereocenters. The van der Waals surface area contributed by atoms with E-state index in [2.05, 4.69) is 12.6 Å².